The van der Waals surface area contributed by atoms with Gasteiger partial charge in [-0.1, -0.05) is 12.1 Å². The molecule has 0 unspecified atom stereocenters. The number of aromatic nitrogens is 1. The molecule has 6 heteroatoms. The van der Waals surface area contributed by atoms with Crippen LogP contribution in [0.25, 0.3) is 0 Å². The van der Waals surface area contributed by atoms with Crippen molar-refractivity contribution >= 4 is 23.1 Å². The van der Waals surface area contributed by atoms with Gasteiger partial charge in [-0.3, -0.25) is 0 Å². The van der Waals surface area contributed by atoms with Gasteiger partial charge >= 0.3 is 6.03 Å². The van der Waals surface area contributed by atoms with Crippen molar-refractivity contribution in [2.75, 3.05) is 12.4 Å². The molecule has 0 atom stereocenters. The predicted molar refractivity (Wildman–Crippen MR) is 101 cm³/mol. The summed E-state index contributed by atoms with van der Waals surface area (Å²) in [6.07, 6.45) is 1.98. The summed E-state index contributed by atoms with van der Waals surface area (Å²) in [5.41, 5.74) is 1.80. The van der Waals surface area contributed by atoms with E-state index in [9.17, 15) is 4.79 Å². The highest BCUT2D eigenvalue weighted by molar-refractivity contribution is 7.09. The van der Waals surface area contributed by atoms with E-state index in [1.54, 1.807) is 23.3 Å². The number of hydrogen-bond acceptors (Lipinski definition) is 3. The Balaban J connectivity index is 1.77. The molecule has 1 aromatic carbocycles. The summed E-state index contributed by atoms with van der Waals surface area (Å²) >= 11 is 1.65. The minimum absolute atomic E-state index is 0.136. The van der Waals surface area contributed by atoms with Crippen LogP contribution in [-0.2, 0) is 20.1 Å². The van der Waals surface area contributed by atoms with Gasteiger partial charge in [0.25, 0.3) is 0 Å². The average molecular weight is 355 g/mol. The number of carbonyl (C=O) groups is 1. The first-order valence-electron chi connectivity index (χ1n) is 7.98. The highest BCUT2D eigenvalue weighted by Gasteiger charge is 2.17. The van der Waals surface area contributed by atoms with E-state index < -0.39 is 0 Å². The quantitative estimate of drug-likeness (QED) is 0.715. The zero-order valence-electron chi connectivity index (χ0n) is 14.3. The van der Waals surface area contributed by atoms with E-state index in [0.717, 1.165) is 10.6 Å². The standard InChI is InChI=1S/C19H21N3O2S/c1-21-10-4-7-16(21)13-22(14-18-9-5-11-25-18)19(23)20-15-6-3-8-17(12-15)24-2/h3-12H,13-14H2,1-2H3,(H,20,23). The fourth-order valence-electron chi connectivity index (χ4n) is 2.55. The van der Waals surface area contributed by atoms with Gasteiger partial charge in [0.15, 0.2) is 0 Å². The fraction of sp³-hybridized carbons (Fsp3) is 0.211. The maximum Gasteiger partial charge on any atom is 0.322 e. The van der Waals surface area contributed by atoms with Crippen LogP contribution in [0.3, 0.4) is 0 Å². The summed E-state index contributed by atoms with van der Waals surface area (Å²) in [4.78, 5) is 15.8. The minimum Gasteiger partial charge on any atom is -0.497 e. The second kappa shape index (κ2) is 7.90. The van der Waals surface area contributed by atoms with E-state index in [-0.39, 0.29) is 6.03 Å². The maximum atomic E-state index is 12.8. The number of urea groups is 1. The number of amides is 2. The first-order valence-corrected chi connectivity index (χ1v) is 8.86. The Morgan fingerprint density at radius 2 is 2.08 bits per heavy atom. The van der Waals surface area contributed by atoms with E-state index in [2.05, 4.69) is 5.32 Å². The second-order valence-electron chi connectivity index (χ2n) is 5.71. The topological polar surface area (TPSA) is 46.5 Å². The lowest BCUT2D eigenvalue weighted by Crippen LogP contribution is -2.34. The molecule has 0 aliphatic heterocycles. The Labute approximate surface area is 151 Å². The van der Waals surface area contributed by atoms with Crippen LogP contribution >= 0.6 is 11.3 Å². The van der Waals surface area contributed by atoms with Crippen molar-refractivity contribution in [2.24, 2.45) is 7.05 Å². The van der Waals surface area contributed by atoms with Crippen molar-refractivity contribution in [3.8, 4) is 5.75 Å². The van der Waals surface area contributed by atoms with E-state index in [1.807, 2.05) is 71.7 Å². The van der Waals surface area contributed by atoms with Gasteiger partial charge in [0.2, 0.25) is 0 Å². The Bertz CT molecular complexity index is 827. The molecule has 0 bridgehead atoms. The van der Waals surface area contributed by atoms with Crippen LogP contribution in [0.15, 0.2) is 60.1 Å². The van der Waals surface area contributed by atoms with Gasteiger partial charge < -0.3 is 19.5 Å². The zero-order chi connectivity index (χ0) is 17.6. The van der Waals surface area contributed by atoms with Gasteiger partial charge in [0.1, 0.15) is 5.75 Å². The smallest absolute Gasteiger partial charge is 0.322 e. The Morgan fingerprint density at radius 3 is 2.76 bits per heavy atom. The highest BCUT2D eigenvalue weighted by Crippen LogP contribution is 2.19. The van der Waals surface area contributed by atoms with Crippen LogP contribution in [-0.4, -0.2) is 22.6 Å². The molecule has 3 aromatic rings. The summed E-state index contributed by atoms with van der Waals surface area (Å²) in [7, 11) is 3.60. The minimum atomic E-state index is -0.136. The number of benzene rings is 1. The maximum absolute atomic E-state index is 12.8. The third kappa shape index (κ3) is 4.42. The van der Waals surface area contributed by atoms with Gasteiger partial charge in [0.05, 0.1) is 20.2 Å². The van der Waals surface area contributed by atoms with Crippen LogP contribution in [0.2, 0.25) is 0 Å². The number of thiophene rings is 1. The van der Waals surface area contributed by atoms with E-state index >= 15 is 0 Å². The summed E-state index contributed by atoms with van der Waals surface area (Å²) in [5.74, 6) is 0.713. The SMILES string of the molecule is COc1cccc(NC(=O)N(Cc2cccs2)Cc2cccn2C)c1. The number of anilines is 1. The van der Waals surface area contributed by atoms with Gasteiger partial charge in [0, 0.05) is 35.6 Å². The number of nitrogens with one attached hydrogen (secondary N) is 1. The van der Waals surface area contributed by atoms with Crippen molar-refractivity contribution < 1.29 is 9.53 Å². The highest BCUT2D eigenvalue weighted by atomic mass is 32.1. The lowest BCUT2D eigenvalue weighted by Gasteiger charge is -2.23. The molecule has 0 saturated carbocycles. The molecule has 0 aliphatic rings. The molecule has 3 rings (SSSR count). The molecule has 0 saturated heterocycles. The first-order chi connectivity index (χ1) is 12.2. The third-order valence-corrected chi connectivity index (χ3v) is 4.80. The van der Waals surface area contributed by atoms with Crippen molar-refractivity contribution in [3.05, 3.63) is 70.7 Å². The number of rotatable bonds is 6. The summed E-state index contributed by atoms with van der Waals surface area (Å²) in [6, 6.07) is 15.3. The van der Waals surface area contributed by atoms with Crippen LogP contribution < -0.4 is 10.1 Å². The molecule has 130 valence electrons. The van der Waals surface area contributed by atoms with Crippen LogP contribution in [0.4, 0.5) is 10.5 Å². The van der Waals surface area contributed by atoms with Crippen molar-refractivity contribution in [1.82, 2.24) is 9.47 Å². The van der Waals surface area contributed by atoms with Gasteiger partial charge in [-0.05, 0) is 35.7 Å². The van der Waals surface area contributed by atoms with Crippen LogP contribution in [0.1, 0.15) is 10.6 Å². The lowest BCUT2D eigenvalue weighted by atomic mass is 10.3. The van der Waals surface area contributed by atoms with E-state index in [4.69, 9.17) is 4.74 Å². The van der Waals surface area contributed by atoms with Crippen LogP contribution in [0, 0.1) is 0 Å². The second-order valence-corrected chi connectivity index (χ2v) is 6.74. The van der Waals surface area contributed by atoms with E-state index in [1.165, 1.54) is 0 Å². The number of carbonyl (C=O) groups excluding carboxylic acids is 1. The Hall–Kier alpha value is -2.73. The molecule has 1 N–H and O–H groups in total. The molecule has 2 amide bonds. The van der Waals surface area contributed by atoms with E-state index in [0.29, 0.717) is 24.5 Å². The Morgan fingerprint density at radius 1 is 1.20 bits per heavy atom. The summed E-state index contributed by atoms with van der Waals surface area (Å²) in [5, 5.41) is 4.99. The normalized spacial score (nSPS) is 10.5. The fourth-order valence-corrected chi connectivity index (χ4v) is 3.27. The Kier molecular flexibility index (Phi) is 5.40. The lowest BCUT2D eigenvalue weighted by molar-refractivity contribution is 0.205. The molecule has 0 radical (unpaired) electrons. The number of aryl methyl sites for hydroxylation is 1. The first kappa shape index (κ1) is 17.1. The molecule has 2 heterocycles. The molecule has 5 nitrogen and oxygen atoms in total. The molecular formula is C19H21N3O2S. The van der Waals surface area contributed by atoms with Crippen LogP contribution in [0.5, 0.6) is 5.75 Å². The van der Waals surface area contributed by atoms with Crippen molar-refractivity contribution in [3.63, 3.8) is 0 Å². The molecular weight excluding hydrogens is 334 g/mol. The average Bonchev–Trinajstić information content (AvgIpc) is 3.26. The number of ether oxygens (including phenoxy) is 1. The van der Waals surface area contributed by atoms with Gasteiger partial charge in [-0.2, -0.15) is 0 Å². The number of methoxy groups -OCH3 is 1. The number of nitrogens with zero attached hydrogens (tertiary/aromatic N) is 2. The van der Waals surface area contributed by atoms with Crippen molar-refractivity contribution in [2.45, 2.75) is 13.1 Å². The monoisotopic (exact) mass is 355 g/mol. The molecule has 0 aliphatic carbocycles. The zero-order valence-corrected chi connectivity index (χ0v) is 15.1. The summed E-state index contributed by atoms with van der Waals surface area (Å²) in [6.45, 7) is 1.11. The number of hydrogen-bond donors (Lipinski definition) is 1. The predicted octanol–water partition coefficient (Wildman–Crippen LogP) is 4.33. The largest absolute Gasteiger partial charge is 0.497 e. The summed E-state index contributed by atoms with van der Waals surface area (Å²) < 4.78 is 7.24. The molecule has 0 spiro atoms. The molecule has 2 aromatic heterocycles. The van der Waals surface area contributed by atoms with Gasteiger partial charge in [-0.25, -0.2) is 4.79 Å². The van der Waals surface area contributed by atoms with Crippen molar-refractivity contribution in [1.29, 1.82) is 0 Å². The molecule has 25 heavy (non-hydrogen) atoms. The van der Waals surface area contributed by atoms with Gasteiger partial charge in [-0.15, -0.1) is 11.3 Å². The molecule has 0 fully saturated rings. The third-order valence-electron chi connectivity index (χ3n) is 3.94.